The summed E-state index contributed by atoms with van der Waals surface area (Å²) in [4.78, 5) is 20.5. The first kappa shape index (κ1) is 16.8. The number of H-pyrrole nitrogens is 1. The van der Waals surface area contributed by atoms with Gasteiger partial charge >= 0.3 is 0 Å². The number of rotatable bonds is 4. The summed E-state index contributed by atoms with van der Waals surface area (Å²) in [6.07, 6.45) is 1.66. The predicted octanol–water partition coefficient (Wildman–Crippen LogP) is 5.30. The van der Waals surface area contributed by atoms with Crippen LogP contribution in [0.4, 0.5) is 5.82 Å². The maximum atomic E-state index is 13.0. The molecule has 0 aliphatic heterocycles. The first-order valence-electron chi connectivity index (χ1n) is 8.80. The summed E-state index contributed by atoms with van der Waals surface area (Å²) >= 11 is 0. The van der Waals surface area contributed by atoms with E-state index in [2.05, 4.69) is 27.4 Å². The highest BCUT2D eigenvalue weighted by molar-refractivity contribution is 6.10. The normalized spacial score (nSPS) is 10.6. The molecule has 27 heavy (non-hydrogen) atoms. The lowest BCUT2D eigenvalue weighted by Gasteiger charge is -2.09. The van der Waals surface area contributed by atoms with Crippen LogP contribution in [-0.4, -0.2) is 15.9 Å². The molecule has 2 aromatic heterocycles. The highest BCUT2D eigenvalue weighted by atomic mass is 16.1. The second-order valence-corrected chi connectivity index (χ2v) is 6.28. The average Bonchev–Trinajstić information content (AvgIpc) is 3.07. The molecule has 4 rings (SSSR count). The van der Waals surface area contributed by atoms with E-state index in [1.54, 1.807) is 12.3 Å². The van der Waals surface area contributed by atoms with E-state index in [0.29, 0.717) is 11.5 Å². The molecule has 0 spiro atoms. The Morgan fingerprint density at radius 3 is 2.00 bits per heavy atom. The molecule has 0 saturated heterocycles. The topological polar surface area (TPSA) is 57.8 Å². The third kappa shape index (κ3) is 3.37. The maximum Gasteiger partial charge on any atom is 0.273 e. The third-order valence-electron chi connectivity index (χ3n) is 4.45. The lowest BCUT2D eigenvalue weighted by molar-refractivity contribution is 0.102. The number of amides is 1. The van der Waals surface area contributed by atoms with Crippen LogP contribution in [-0.2, 0) is 0 Å². The standard InChI is InChI=1S/C23H19N3O/c1-16-20(17-10-4-2-5-11-17)21(18-12-6-3-7-13-18)22(25-16)23(27)26-19-14-8-9-15-24-19/h2-15,25H,1H3,(H,24,26,27). The fraction of sp³-hybridized carbons (Fsp3) is 0.0435. The van der Waals surface area contributed by atoms with Gasteiger partial charge in [0.05, 0.1) is 0 Å². The number of nitrogens with zero attached hydrogens (tertiary/aromatic N) is 1. The van der Waals surface area contributed by atoms with Gasteiger partial charge < -0.3 is 10.3 Å². The van der Waals surface area contributed by atoms with Gasteiger partial charge in [-0.05, 0) is 30.2 Å². The van der Waals surface area contributed by atoms with Crippen molar-refractivity contribution in [1.29, 1.82) is 0 Å². The number of pyridine rings is 1. The number of anilines is 1. The average molecular weight is 353 g/mol. The van der Waals surface area contributed by atoms with Gasteiger partial charge in [-0.3, -0.25) is 4.79 Å². The number of aryl methyl sites for hydroxylation is 1. The summed E-state index contributed by atoms with van der Waals surface area (Å²) in [6.45, 7) is 1.99. The Kier molecular flexibility index (Phi) is 4.54. The molecule has 132 valence electrons. The van der Waals surface area contributed by atoms with E-state index in [4.69, 9.17) is 0 Å². The van der Waals surface area contributed by atoms with E-state index < -0.39 is 0 Å². The Morgan fingerprint density at radius 1 is 0.815 bits per heavy atom. The second kappa shape index (κ2) is 7.30. The smallest absolute Gasteiger partial charge is 0.273 e. The van der Waals surface area contributed by atoms with Crippen molar-refractivity contribution in [3.05, 3.63) is 96.4 Å². The van der Waals surface area contributed by atoms with Crippen LogP contribution >= 0.6 is 0 Å². The van der Waals surface area contributed by atoms with E-state index in [-0.39, 0.29) is 5.91 Å². The maximum absolute atomic E-state index is 13.0. The molecular weight excluding hydrogens is 334 g/mol. The van der Waals surface area contributed by atoms with Crippen molar-refractivity contribution in [1.82, 2.24) is 9.97 Å². The van der Waals surface area contributed by atoms with E-state index in [0.717, 1.165) is 27.9 Å². The Morgan fingerprint density at radius 2 is 1.41 bits per heavy atom. The lowest BCUT2D eigenvalue weighted by Crippen LogP contribution is -2.14. The monoisotopic (exact) mass is 353 g/mol. The van der Waals surface area contributed by atoms with Gasteiger partial charge in [-0.15, -0.1) is 0 Å². The second-order valence-electron chi connectivity index (χ2n) is 6.28. The van der Waals surface area contributed by atoms with Crippen LogP contribution in [0.2, 0.25) is 0 Å². The Labute approximate surface area is 157 Å². The van der Waals surface area contributed by atoms with Crippen molar-refractivity contribution in [2.24, 2.45) is 0 Å². The fourth-order valence-corrected chi connectivity index (χ4v) is 3.27. The number of hydrogen-bond acceptors (Lipinski definition) is 2. The lowest BCUT2D eigenvalue weighted by atomic mass is 9.95. The zero-order valence-electron chi connectivity index (χ0n) is 14.9. The minimum Gasteiger partial charge on any atom is -0.354 e. The van der Waals surface area contributed by atoms with Gasteiger partial charge in [0.25, 0.3) is 5.91 Å². The summed E-state index contributed by atoms with van der Waals surface area (Å²) in [5, 5.41) is 2.88. The molecule has 2 N–H and O–H groups in total. The molecule has 0 atom stereocenters. The van der Waals surface area contributed by atoms with Crippen LogP contribution in [0, 0.1) is 6.92 Å². The molecule has 0 unspecified atom stereocenters. The molecule has 0 saturated carbocycles. The fourth-order valence-electron chi connectivity index (χ4n) is 3.27. The Balaban J connectivity index is 1.86. The van der Waals surface area contributed by atoms with Crippen molar-refractivity contribution in [3.8, 4) is 22.3 Å². The molecule has 0 bridgehead atoms. The number of aromatic amines is 1. The van der Waals surface area contributed by atoms with Crippen molar-refractivity contribution < 1.29 is 4.79 Å². The largest absolute Gasteiger partial charge is 0.354 e. The molecule has 4 nitrogen and oxygen atoms in total. The Hall–Kier alpha value is -3.66. The number of nitrogens with one attached hydrogen (secondary N) is 2. The summed E-state index contributed by atoms with van der Waals surface area (Å²) in [6, 6.07) is 25.5. The van der Waals surface area contributed by atoms with Gasteiger partial charge in [0.2, 0.25) is 0 Å². The molecule has 0 radical (unpaired) electrons. The number of hydrogen-bond donors (Lipinski definition) is 2. The first-order valence-corrected chi connectivity index (χ1v) is 8.80. The van der Waals surface area contributed by atoms with Crippen molar-refractivity contribution in [3.63, 3.8) is 0 Å². The minimum atomic E-state index is -0.210. The highest BCUT2D eigenvalue weighted by Gasteiger charge is 2.22. The van der Waals surface area contributed by atoms with Gasteiger partial charge in [-0.25, -0.2) is 4.98 Å². The third-order valence-corrected chi connectivity index (χ3v) is 4.45. The van der Waals surface area contributed by atoms with Crippen LogP contribution in [0.1, 0.15) is 16.2 Å². The van der Waals surface area contributed by atoms with Crippen LogP contribution in [0.5, 0.6) is 0 Å². The van der Waals surface area contributed by atoms with E-state index >= 15 is 0 Å². The van der Waals surface area contributed by atoms with Gasteiger partial charge in [0, 0.05) is 23.0 Å². The predicted molar refractivity (Wildman–Crippen MR) is 109 cm³/mol. The van der Waals surface area contributed by atoms with E-state index in [1.807, 2.05) is 67.6 Å². The highest BCUT2D eigenvalue weighted by Crippen LogP contribution is 2.38. The van der Waals surface area contributed by atoms with Crippen LogP contribution in [0.25, 0.3) is 22.3 Å². The molecular formula is C23H19N3O. The SMILES string of the molecule is Cc1[nH]c(C(=O)Nc2ccccn2)c(-c2ccccc2)c1-c1ccccc1. The Bertz CT molecular complexity index is 1060. The molecule has 0 aliphatic carbocycles. The summed E-state index contributed by atoms with van der Waals surface area (Å²) in [5.74, 6) is 0.313. The van der Waals surface area contributed by atoms with Crippen LogP contribution in [0.15, 0.2) is 85.1 Å². The molecule has 1 amide bonds. The van der Waals surface area contributed by atoms with Crippen molar-refractivity contribution in [2.45, 2.75) is 6.92 Å². The summed E-state index contributed by atoms with van der Waals surface area (Å²) < 4.78 is 0. The quantitative estimate of drug-likeness (QED) is 0.523. The van der Waals surface area contributed by atoms with E-state index in [9.17, 15) is 4.79 Å². The summed E-state index contributed by atoms with van der Waals surface area (Å²) in [7, 11) is 0. The molecule has 2 aromatic carbocycles. The van der Waals surface area contributed by atoms with Crippen LogP contribution in [0.3, 0.4) is 0 Å². The molecule has 0 fully saturated rings. The van der Waals surface area contributed by atoms with E-state index in [1.165, 1.54) is 0 Å². The van der Waals surface area contributed by atoms with Crippen molar-refractivity contribution >= 4 is 11.7 Å². The minimum absolute atomic E-state index is 0.210. The van der Waals surface area contributed by atoms with Gasteiger partial charge in [-0.1, -0.05) is 66.7 Å². The molecule has 0 aliphatic rings. The molecule has 4 heteroatoms. The van der Waals surface area contributed by atoms with Crippen molar-refractivity contribution in [2.75, 3.05) is 5.32 Å². The van der Waals surface area contributed by atoms with Gasteiger partial charge in [0.15, 0.2) is 0 Å². The zero-order chi connectivity index (χ0) is 18.6. The van der Waals surface area contributed by atoms with Gasteiger partial charge in [-0.2, -0.15) is 0 Å². The number of aromatic nitrogens is 2. The number of carbonyl (C=O) groups is 1. The zero-order valence-corrected chi connectivity index (χ0v) is 14.9. The molecule has 2 heterocycles. The summed E-state index contributed by atoms with van der Waals surface area (Å²) in [5.41, 5.74) is 5.48. The van der Waals surface area contributed by atoms with Crippen LogP contribution < -0.4 is 5.32 Å². The first-order chi connectivity index (χ1) is 13.2. The van der Waals surface area contributed by atoms with Gasteiger partial charge in [0.1, 0.15) is 11.5 Å². The molecule has 4 aromatic rings. The number of benzene rings is 2. The number of carbonyl (C=O) groups excluding carboxylic acids is 1.